The van der Waals surface area contributed by atoms with Crippen molar-refractivity contribution in [3.8, 4) is 11.7 Å². The first kappa shape index (κ1) is 19.5. The summed E-state index contributed by atoms with van der Waals surface area (Å²) < 4.78 is 16.6. The van der Waals surface area contributed by atoms with Gasteiger partial charge in [0, 0.05) is 31.3 Å². The van der Waals surface area contributed by atoms with E-state index in [1.807, 2.05) is 20.8 Å². The Hall–Kier alpha value is -2.81. The molecule has 0 aromatic carbocycles. The van der Waals surface area contributed by atoms with Crippen LogP contribution in [0.15, 0.2) is 21.2 Å². The second kappa shape index (κ2) is 7.55. The topological polar surface area (TPSA) is 105 Å². The summed E-state index contributed by atoms with van der Waals surface area (Å²) in [6.45, 7) is 7.30. The fraction of sp³-hybridized carbons (Fsp3) is 0.550. The molecule has 2 aromatic heterocycles. The van der Waals surface area contributed by atoms with Gasteiger partial charge in [0.05, 0.1) is 6.54 Å². The van der Waals surface area contributed by atoms with Gasteiger partial charge in [-0.15, -0.1) is 0 Å². The molecule has 29 heavy (non-hydrogen) atoms. The van der Waals surface area contributed by atoms with Gasteiger partial charge >= 0.3 is 6.09 Å². The van der Waals surface area contributed by atoms with E-state index in [1.165, 1.54) is 0 Å². The molecule has 2 aliphatic rings. The zero-order chi connectivity index (χ0) is 20.6. The predicted molar refractivity (Wildman–Crippen MR) is 103 cm³/mol. The minimum Gasteiger partial charge on any atom is -0.451 e. The van der Waals surface area contributed by atoms with Crippen molar-refractivity contribution in [2.24, 2.45) is 5.92 Å². The molecule has 0 spiro atoms. The van der Waals surface area contributed by atoms with Crippen LogP contribution in [0.1, 0.15) is 50.8 Å². The number of hydroxylamine groups is 2. The molecular formula is C20H26N4O5. The standard InChI is InChI=1S/C20H26N4O5/c1-20(2,3)28-19(25)23-7-4-13(5-8-23)10-17-21-18(29-22-17)16-11-14-12-24(26)9-6-15(14)27-16/h6,9,11,13,26H,4-5,7-8,10,12H2,1-3H3. The largest absolute Gasteiger partial charge is 0.451 e. The molecule has 0 atom stereocenters. The van der Waals surface area contributed by atoms with Crippen LogP contribution in [-0.2, 0) is 17.7 Å². The lowest BCUT2D eigenvalue weighted by Gasteiger charge is -2.33. The minimum absolute atomic E-state index is 0.255. The number of carbonyl (C=O) groups excluding carboxylic acids is 1. The van der Waals surface area contributed by atoms with Crippen LogP contribution in [0.4, 0.5) is 4.79 Å². The molecule has 0 radical (unpaired) electrons. The number of aromatic nitrogens is 2. The van der Waals surface area contributed by atoms with Gasteiger partial charge in [-0.25, -0.2) is 4.79 Å². The summed E-state index contributed by atoms with van der Waals surface area (Å²) >= 11 is 0. The molecule has 9 heteroatoms. The number of rotatable bonds is 3. The van der Waals surface area contributed by atoms with Crippen molar-refractivity contribution >= 4 is 12.2 Å². The summed E-state index contributed by atoms with van der Waals surface area (Å²) in [4.78, 5) is 18.4. The molecular weight excluding hydrogens is 376 g/mol. The van der Waals surface area contributed by atoms with Gasteiger partial charge in [0.1, 0.15) is 11.4 Å². The van der Waals surface area contributed by atoms with Gasteiger partial charge in [-0.2, -0.15) is 4.98 Å². The summed E-state index contributed by atoms with van der Waals surface area (Å²) in [6.07, 6.45) is 5.41. The third-order valence-electron chi connectivity index (χ3n) is 4.99. The maximum Gasteiger partial charge on any atom is 0.410 e. The van der Waals surface area contributed by atoms with Gasteiger partial charge in [-0.05, 0) is 51.7 Å². The number of hydrogen-bond donors (Lipinski definition) is 1. The first-order chi connectivity index (χ1) is 13.8. The molecule has 9 nitrogen and oxygen atoms in total. The summed E-state index contributed by atoms with van der Waals surface area (Å²) in [5, 5.41) is 14.7. The molecule has 1 fully saturated rings. The first-order valence-corrected chi connectivity index (χ1v) is 9.84. The highest BCUT2D eigenvalue weighted by Crippen LogP contribution is 2.29. The van der Waals surface area contributed by atoms with Gasteiger partial charge in [0.2, 0.25) is 0 Å². The van der Waals surface area contributed by atoms with Crippen molar-refractivity contribution in [3.05, 3.63) is 29.4 Å². The highest BCUT2D eigenvalue weighted by molar-refractivity contribution is 5.68. The molecule has 1 saturated heterocycles. The third kappa shape index (κ3) is 4.61. The van der Waals surface area contributed by atoms with E-state index in [-0.39, 0.29) is 6.09 Å². The van der Waals surface area contributed by atoms with E-state index in [0.717, 1.165) is 23.5 Å². The molecule has 0 aliphatic carbocycles. The molecule has 0 unspecified atom stereocenters. The summed E-state index contributed by atoms with van der Waals surface area (Å²) in [7, 11) is 0. The number of hydrogen-bond acceptors (Lipinski definition) is 8. The van der Waals surface area contributed by atoms with Crippen molar-refractivity contribution in [1.29, 1.82) is 0 Å². The van der Waals surface area contributed by atoms with Gasteiger partial charge in [0.25, 0.3) is 5.89 Å². The number of amides is 1. The predicted octanol–water partition coefficient (Wildman–Crippen LogP) is 3.69. The zero-order valence-corrected chi connectivity index (χ0v) is 16.9. The Labute approximate surface area is 168 Å². The van der Waals surface area contributed by atoms with E-state index in [0.29, 0.717) is 55.2 Å². The van der Waals surface area contributed by atoms with E-state index < -0.39 is 5.60 Å². The Kier molecular flexibility index (Phi) is 5.08. The normalized spacial score (nSPS) is 17.5. The van der Waals surface area contributed by atoms with Crippen LogP contribution >= 0.6 is 0 Å². The fourth-order valence-electron chi connectivity index (χ4n) is 3.54. The fourth-order valence-corrected chi connectivity index (χ4v) is 3.54. The second-order valence-corrected chi connectivity index (χ2v) is 8.54. The van der Waals surface area contributed by atoms with Crippen LogP contribution in [0.25, 0.3) is 17.7 Å². The molecule has 2 aromatic rings. The average Bonchev–Trinajstić information content (AvgIpc) is 3.27. The van der Waals surface area contributed by atoms with Gasteiger partial charge in [-0.1, -0.05) is 5.16 Å². The average molecular weight is 402 g/mol. The molecule has 2 aliphatic heterocycles. The number of carbonyl (C=O) groups is 1. The van der Waals surface area contributed by atoms with Crippen molar-refractivity contribution in [3.63, 3.8) is 0 Å². The number of furan rings is 1. The lowest BCUT2D eigenvalue weighted by atomic mass is 9.93. The van der Waals surface area contributed by atoms with Gasteiger partial charge in [0.15, 0.2) is 11.6 Å². The molecule has 4 heterocycles. The lowest BCUT2D eigenvalue weighted by Crippen LogP contribution is -2.42. The SMILES string of the molecule is CC(C)(C)OC(=O)N1CCC(Cc2noc(-c3cc4c(o3)C=CN(O)C4)n2)CC1. The lowest BCUT2D eigenvalue weighted by molar-refractivity contribution is -0.0498. The molecule has 4 rings (SSSR count). The van der Waals surface area contributed by atoms with Crippen molar-refractivity contribution in [1.82, 2.24) is 20.1 Å². The highest BCUT2D eigenvalue weighted by atomic mass is 16.6. The monoisotopic (exact) mass is 402 g/mol. The van der Waals surface area contributed by atoms with E-state index in [9.17, 15) is 10.0 Å². The molecule has 1 amide bonds. The molecule has 0 saturated carbocycles. The number of fused-ring (bicyclic) bond motifs is 1. The van der Waals surface area contributed by atoms with Crippen LogP contribution in [0.2, 0.25) is 0 Å². The number of likely N-dealkylation sites (tertiary alicyclic amines) is 1. The zero-order valence-electron chi connectivity index (χ0n) is 16.9. The number of piperidine rings is 1. The summed E-state index contributed by atoms with van der Waals surface area (Å²) in [6, 6.07) is 1.80. The van der Waals surface area contributed by atoms with Gasteiger partial charge < -0.3 is 18.6 Å². The van der Waals surface area contributed by atoms with Gasteiger partial charge in [-0.3, -0.25) is 10.3 Å². The summed E-state index contributed by atoms with van der Waals surface area (Å²) in [5.41, 5.74) is 0.380. The van der Waals surface area contributed by atoms with E-state index in [4.69, 9.17) is 13.7 Å². The molecule has 156 valence electrons. The maximum atomic E-state index is 12.2. The minimum atomic E-state index is -0.481. The quantitative estimate of drug-likeness (QED) is 0.829. The number of ether oxygens (including phenoxy) is 1. The maximum absolute atomic E-state index is 12.2. The van der Waals surface area contributed by atoms with Crippen molar-refractivity contribution in [2.75, 3.05) is 13.1 Å². The van der Waals surface area contributed by atoms with Crippen LogP contribution in [0.3, 0.4) is 0 Å². The highest BCUT2D eigenvalue weighted by Gasteiger charge is 2.28. The smallest absolute Gasteiger partial charge is 0.410 e. The molecule has 1 N–H and O–H groups in total. The van der Waals surface area contributed by atoms with E-state index in [1.54, 1.807) is 23.2 Å². The van der Waals surface area contributed by atoms with Crippen LogP contribution < -0.4 is 0 Å². The second-order valence-electron chi connectivity index (χ2n) is 8.54. The van der Waals surface area contributed by atoms with Crippen LogP contribution in [0.5, 0.6) is 0 Å². The van der Waals surface area contributed by atoms with Crippen molar-refractivity contribution < 1.29 is 23.7 Å². The Balaban J connectivity index is 1.33. The Bertz CT molecular complexity index is 902. The van der Waals surface area contributed by atoms with E-state index >= 15 is 0 Å². The number of nitrogens with zero attached hydrogens (tertiary/aromatic N) is 4. The van der Waals surface area contributed by atoms with E-state index in [2.05, 4.69) is 10.1 Å². The Morgan fingerprint density at radius 1 is 1.34 bits per heavy atom. The van der Waals surface area contributed by atoms with Crippen molar-refractivity contribution in [2.45, 2.75) is 52.2 Å². The Morgan fingerprint density at radius 2 is 2.10 bits per heavy atom. The summed E-state index contributed by atoms with van der Waals surface area (Å²) in [5.74, 6) is 2.52. The molecule has 0 bridgehead atoms. The van der Waals surface area contributed by atoms with Crippen LogP contribution in [-0.4, -0.2) is 50.1 Å². The first-order valence-electron chi connectivity index (χ1n) is 9.84. The Morgan fingerprint density at radius 3 is 2.83 bits per heavy atom. The third-order valence-corrected chi connectivity index (χ3v) is 4.99. The van der Waals surface area contributed by atoms with Crippen LogP contribution in [0, 0.1) is 5.92 Å².